The first-order valence-electron chi connectivity index (χ1n) is 5.68. The summed E-state index contributed by atoms with van der Waals surface area (Å²) in [5.41, 5.74) is 0.445. The zero-order valence-electron chi connectivity index (χ0n) is 11.3. The minimum absolute atomic E-state index is 0.0918. The predicted molar refractivity (Wildman–Crippen MR) is 74.1 cm³/mol. The molecule has 0 heterocycles. The summed E-state index contributed by atoms with van der Waals surface area (Å²) in [6, 6.07) is 6.65. The summed E-state index contributed by atoms with van der Waals surface area (Å²) in [5, 5.41) is 8.32. The maximum absolute atomic E-state index is 11.4. The van der Waals surface area contributed by atoms with Gasteiger partial charge in [0.05, 0.1) is 5.69 Å². The summed E-state index contributed by atoms with van der Waals surface area (Å²) in [7, 11) is 0.261. The summed E-state index contributed by atoms with van der Waals surface area (Å²) in [4.78, 5) is 2.19. The van der Waals surface area contributed by atoms with E-state index in [9.17, 15) is 8.42 Å². The highest BCUT2D eigenvalue weighted by molar-refractivity contribution is 7.89. The van der Waals surface area contributed by atoms with E-state index in [1.165, 1.54) is 6.07 Å². The van der Waals surface area contributed by atoms with Crippen LogP contribution < -0.4 is 10.5 Å². The molecule has 3 N–H and O–H groups in total. The Hall–Kier alpha value is -1.11. The van der Waals surface area contributed by atoms with E-state index in [-0.39, 0.29) is 10.4 Å². The summed E-state index contributed by atoms with van der Waals surface area (Å²) in [6.07, 6.45) is 0. The van der Waals surface area contributed by atoms with E-state index in [1.54, 1.807) is 18.2 Å². The monoisotopic (exact) mass is 271 g/mol. The summed E-state index contributed by atoms with van der Waals surface area (Å²) < 4.78 is 22.9. The minimum atomic E-state index is -3.70. The lowest BCUT2D eigenvalue weighted by Gasteiger charge is -2.33. The van der Waals surface area contributed by atoms with Crippen molar-refractivity contribution in [2.24, 2.45) is 5.14 Å². The first kappa shape index (κ1) is 14.9. The van der Waals surface area contributed by atoms with Crippen molar-refractivity contribution < 1.29 is 8.42 Å². The topological polar surface area (TPSA) is 75.4 Å². The molecule has 102 valence electrons. The normalized spacial score (nSPS) is 12.8. The molecular formula is C12H21N3O2S. The Morgan fingerprint density at radius 1 is 1.28 bits per heavy atom. The lowest BCUT2D eigenvalue weighted by molar-refractivity contribution is 0.210. The van der Waals surface area contributed by atoms with Crippen LogP contribution in [0.1, 0.15) is 13.8 Å². The number of para-hydroxylation sites is 1. The number of nitrogens with zero attached hydrogens (tertiary/aromatic N) is 1. The predicted octanol–water partition coefficient (Wildman–Crippen LogP) is 1.09. The molecule has 0 bridgehead atoms. The third kappa shape index (κ3) is 3.69. The smallest absolute Gasteiger partial charge is 0.240 e. The van der Waals surface area contributed by atoms with Crippen molar-refractivity contribution in [1.29, 1.82) is 0 Å². The van der Waals surface area contributed by atoms with E-state index >= 15 is 0 Å². The number of benzene rings is 1. The van der Waals surface area contributed by atoms with Crippen LogP contribution in [0.25, 0.3) is 0 Å². The van der Waals surface area contributed by atoms with E-state index in [4.69, 9.17) is 5.14 Å². The second-order valence-electron chi connectivity index (χ2n) is 5.10. The number of nitrogens with two attached hydrogens (primary N) is 1. The van der Waals surface area contributed by atoms with Gasteiger partial charge in [-0.2, -0.15) is 0 Å². The highest BCUT2D eigenvalue weighted by Gasteiger charge is 2.21. The third-order valence-corrected chi connectivity index (χ3v) is 4.08. The highest BCUT2D eigenvalue weighted by atomic mass is 32.2. The highest BCUT2D eigenvalue weighted by Crippen LogP contribution is 2.20. The third-order valence-electron chi connectivity index (χ3n) is 3.12. The van der Waals surface area contributed by atoms with Gasteiger partial charge >= 0.3 is 0 Å². The van der Waals surface area contributed by atoms with Crippen LogP contribution in [-0.4, -0.2) is 39.5 Å². The number of rotatable bonds is 5. The molecule has 1 aromatic rings. The van der Waals surface area contributed by atoms with Crippen LogP contribution in [0, 0.1) is 0 Å². The van der Waals surface area contributed by atoms with Gasteiger partial charge in [-0.05, 0) is 40.1 Å². The quantitative estimate of drug-likeness (QED) is 0.840. The first-order chi connectivity index (χ1) is 8.14. The summed E-state index contributed by atoms with van der Waals surface area (Å²) in [6.45, 7) is 4.76. The van der Waals surface area contributed by atoms with Crippen LogP contribution in [0.15, 0.2) is 29.2 Å². The number of anilines is 1. The molecule has 0 aliphatic rings. The fourth-order valence-corrected chi connectivity index (χ4v) is 2.05. The van der Waals surface area contributed by atoms with Gasteiger partial charge in [-0.3, -0.25) is 0 Å². The average Bonchev–Trinajstić information content (AvgIpc) is 2.25. The molecule has 0 aliphatic carbocycles. The molecule has 0 radical (unpaired) electrons. The fourth-order valence-electron chi connectivity index (χ4n) is 1.33. The maximum Gasteiger partial charge on any atom is 0.240 e. The van der Waals surface area contributed by atoms with Crippen molar-refractivity contribution in [2.45, 2.75) is 24.3 Å². The van der Waals surface area contributed by atoms with Gasteiger partial charge in [0.25, 0.3) is 0 Å². The largest absolute Gasteiger partial charge is 0.382 e. The van der Waals surface area contributed by atoms with Gasteiger partial charge in [0.15, 0.2) is 0 Å². The lowest BCUT2D eigenvalue weighted by atomic mass is 10.0. The Balaban J connectivity index is 2.94. The Bertz CT molecular complexity index is 510. The van der Waals surface area contributed by atoms with Crippen molar-refractivity contribution in [3.05, 3.63) is 24.3 Å². The molecule has 0 amide bonds. The molecule has 0 atom stereocenters. The maximum atomic E-state index is 11.4. The zero-order valence-corrected chi connectivity index (χ0v) is 12.1. The number of sulfonamides is 1. The molecule has 1 rings (SSSR count). The van der Waals surface area contributed by atoms with Gasteiger partial charge in [-0.25, -0.2) is 13.6 Å². The van der Waals surface area contributed by atoms with Gasteiger partial charge in [0.2, 0.25) is 10.0 Å². The van der Waals surface area contributed by atoms with Crippen LogP contribution in [0.4, 0.5) is 5.69 Å². The van der Waals surface area contributed by atoms with Gasteiger partial charge in [0.1, 0.15) is 4.90 Å². The Kier molecular flexibility index (Phi) is 4.37. The Labute approximate surface area is 109 Å². The second kappa shape index (κ2) is 5.26. The summed E-state index contributed by atoms with van der Waals surface area (Å²) >= 11 is 0. The van der Waals surface area contributed by atoms with E-state index < -0.39 is 10.0 Å². The number of likely N-dealkylation sites (N-methyl/N-ethyl adjacent to an activating group) is 1. The molecule has 18 heavy (non-hydrogen) atoms. The molecule has 0 saturated heterocycles. The lowest BCUT2D eigenvalue weighted by Crippen LogP contribution is -2.44. The van der Waals surface area contributed by atoms with Crippen LogP contribution in [0.3, 0.4) is 0 Å². The molecule has 1 aromatic carbocycles. The van der Waals surface area contributed by atoms with E-state index in [1.807, 2.05) is 14.1 Å². The number of hydrogen-bond acceptors (Lipinski definition) is 4. The van der Waals surface area contributed by atoms with Gasteiger partial charge in [-0.15, -0.1) is 0 Å². The van der Waals surface area contributed by atoms with E-state index in [0.717, 1.165) is 0 Å². The van der Waals surface area contributed by atoms with Crippen molar-refractivity contribution in [1.82, 2.24) is 4.90 Å². The van der Waals surface area contributed by atoms with Gasteiger partial charge in [0, 0.05) is 12.1 Å². The van der Waals surface area contributed by atoms with Crippen molar-refractivity contribution in [2.75, 3.05) is 26.0 Å². The molecule has 5 nitrogen and oxygen atoms in total. The molecule has 0 saturated carbocycles. The fraction of sp³-hybridized carbons (Fsp3) is 0.500. The number of nitrogens with one attached hydrogen (secondary N) is 1. The van der Waals surface area contributed by atoms with Crippen LogP contribution in [0.5, 0.6) is 0 Å². The van der Waals surface area contributed by atoms with Crippen molar-refractivity contribution in [3.8, 4) is 0 Å². The molecular weight excluding hydrogens is 250 g/mol. The molecule has 0 unspecified atom stereocenters. The molecule has 6 heteroatoms. The van der Waals surface area contributed by atoms with Crippen molar-refractivity contribution >= 4 is 15.7 Å². The van der Waals surface area contributed by atoms with Crippen LogP contribution >= 0.6 is 0 Å². The standard InChI is InChI=1S/C12H21N3O2S/c1-12(2,15(3)4)9-14-10-7-5-6-8-11(10)18(13,16)17/h5-8,14H,9H2,1-4H3,(H2,13,16,17). The second-order valence-corrected chi connectivity index (χ2v) is 6.63. The molecule has 0 aromatic heterocycles. The first-order valence-corrected chi connectivity index (χ1v) is 7.22. The number of hydrogen-bond donors (Lipinski definition) is 2. The van der Waals surface area contributed by atoms with E-state index in [0.29, 0.717) is 12.2 Å². The van der Waals surface area contributed by atoms with E-state index in [2.05, 4.69) is 24.1 Å². The Morgan fingerprint density at radius 3 is 2.33 bits per heavy atom. The number of primary sulfonamides is 1. The van der Waals surface area contributed by atoms with Crippen LogP contribution in [0.2, 0.25) is 0 Å². The van der Waals surface area contributed by atoms with Gasteiger partial charge < -0.3 is 10.2 Å². The van der Waals surface area contributed by atoms with Crippen molar-refractivity contribution in [3.63, 3.8) is 0 Å². The molecule has 0 aliphatic heterocycles. The van der Waals surface area contributed by atoms with Crippen LogP contribution in [-0.2, 0) is 10.0 Å². The summed E-state index contributed by atoms with van der Waals surface area (Å²) in [5.74, 6) is 0. The minimum Gasteiger partial charge on any atom is -0.382 e. The zero-order chi connectivity index (χ0) is 14.0. The SMILES string of the molecule is CN(C)C(C)(C)CNc1ccccc1S(N)(=O)=O. The Morgan fingerprint density at radius 2 is 1.83 bits per heavy atom. The molecule has 0 fully saturated rings. The van der Waals surface area contributed by atoms with Gasteiger partial charge in [-0.1, -0.05) is 12.1 Å². The molecule has 0 spiro atoms. The average molecular weight is 271 g/mol.